The quantitative estimate of drug-likeness (QED) is 0.863. The highest BCUT2D eigenvalue weighted by Gasteiger charge is 2.07. The van der Waals surface area contributed by atoms with Crippen molar-refractivity contribution in [3.8, 4) is 11.5 Å². The fraction of sp³-hybridized carbons (Fsp3) is 0.625. The van der Waals surface area contributed by atoms with Gasteiger partial charge in [-0.3, -0.25) is 0 Å². The van der Waals surface area contributed by atoms with E-state index in [1.165, 1.54) is 0 Å². The summed E-state index contributed by atoms with van der Waals surface area (Å²) in [6.45, 7) is 3.82. The molecule has 0 saturated heterocycles. The zero-order valence-electron chi connectivity index (χ0n) is 12.7. The van der Waals surface area contributed by atoms with Gasteiger partial charge >= 0.3 is 0 Å². The Hall–Kier alpha value is -1.46. The molecular weight excluding hydrogens is 270 g/mol. The fourth-order valence-electron chi connectivity index (χ4n) is 2.09. The minimum atomic E-state index is 0.509. The van der Waals surface area contributed by atoms with Gasteiger partial charge < -0.3 is 24.3 Å². The van der Waals surface area contributed by atoms with E-state index in [-0.39, 0.29) is 0 Å². The number of rotatable bonds is 1. The van der Waals surface area contributed by atoms with Crippen LogP contribution in [0.4, 0.5) is 5.69 Å². The third kappa shape index (κ3) is 5.81. The maximum atomic E-state index is 5.86. The Morgan fingerprint density at radius 1 is 0.762 bits per heavy atom. The second-order valence-electron chi connectivity index (χ2n) is 4.89. The van der Waals surface area contributed by atoms with Crippen LogP contribution < -0.4 is 14.8 Å². The lowest BCUT2D eigenvalue weighted by molar-refractivity contribution is 0.0354. The summed E-state index contributed by atoms with van der Waals surface area (Å²) >= 11 is 0. The van der Waals surface area contributed by atoms with Gasteiger partial charge in [-0.1, -0.05) is 0 Å². The zero-order valence-corrected chi connectivity index (χ0v) is 12.7. The maximum Gasteiger partial charge on any atom is 0.163 e. The largest absolute Gasteiger partial charge is 0.490 e. The van der Waals surface area contributed by atoms with Crippen molar-refractivity contribution < 1.29 is 18.9 Å². The van der Waals surface area contributed by atoms with E-state index in [2.05, 4.69) is 5.32 Å². The van der Waals surface area contributed by atoms with Crippen molar-refractivity contribution in [3.05, 3.63) is 18.2 Å². The lowest BCUT2D eigenvalue weighted by atomic mass is 10.2. The number of hydrogen-bond acceptors (Lipinski definition) is 5. The van der Waals surface area contributed by atoms with E-state index >= 15 is 0 Å². The summed E-state index contributed by atoms with van der Waals surface area (Å²) in [4.78, 5) is 0. The SMILES string of the molecule is CNc1ccc2c(c1)OCCCCCOCCOCCO2. The molecule has 118 valence electrons. The molecule has 0 amide bonds. The molecule has 0 radical (unpaired) electrons. The van der Waals surface area contributed by atoms with Crippen LogP contribution in [0.5, 0.6) is 11.5 Å². The first-order valence-corrected chi connectivity index (χ1v) is 7.63. The molecule has 1 N–H and O–H groups in total. The second kappa shape index (κ2) is 9.47. The Morgan fingerprint density at radius 2 is 1.48 bits per heavy atom. The van der Waals surface area contributed by atoms with Crippen molar-refractivity contribution in [2.45, 2.75) is 19.3 Å². The summed E-state index contributed by atoms with van der Waals surface area (Å²) in [7, 11) is 1.89. The van der Waals surface area contributed by atoms with Gasteiger partial charge in [0.15, 0.2) is 11.5 Å². The molecule has 0 unspecified atom stereocenters. The Kier molecular flexibility index (Phi) is 7.18. The number of benzene rings is 1. The Bertz CT molecular complexity index is 411. The van der Waals surface area contributed by atoms with Crippen LogP contribution in [-0.4, -0.2) is 46.7 Å². The third-order valence-electron chi connectivity index (χ3n) is 3.28. The van der Waals surface area contributed by atoms with Gasteiger partial charge in [0, 0.05) is 25.4 Å². The standard InChI is InChI=1S/C16H25NO4/c1-17-14-5-6-15-16(13-14)20-8-4-2-3-7-18-9-10-19-11-12-21-15/h5-6,13,17H,2-4,7-12H2,1H3. The smallest absolute Gasteiger partial charge is 0.163 e. The molecule has 0 saturated carbocycles. The molecule has 5 heteroatoms. The Labute approximate surface area is 126 Å². The van der Waals surface area contributed by atoms with Gasteiger partial charge in [0.25, 0.3) is 0 Å². The van der Waals surface area contributed by atoms with Crippen LogP contribution in [0.3, 0.4) is 0 Å². The molecule has 0 atom stereocenters. The van der Waals surface area contributed by atoms with E-state index in [9.17, 15) is 0 Å². The van der Waals surface area contributed by atoms with Crippen molar-refractivity contribution in [1.82, 2.24) is 0 Å². The number of hydrogen-bond donors (Lipinski definition) is 1. The minimum absolute atomic E-state index is 0.509. The van der Waals surface area contributed by atoms with Crippen LogP contribution in [0.15, 0.2) is 18.2 Å². The van der Waals surface area contributed by atoms with Gasteiger partial charge in [0.05, 0.1) is 26.4 Å². The summed E-state index contributed by atoms with van der Waals surface area (Å²) in [6, 6.07) is 5.88. The average Bonchev–Trinajstić information content (AvgIpc) is 2.52. The molecule has 0 fully saturated rings. The van der Waals surface area contributed by atoms with Crippen LogP contribution in [0.2, 0.25) is 0 Å². The average molecular weight is 295 g/mol. The molecule has 1 aromatic rings. The van der Waals surface area contributed by atoms with Crippen LogP contribution in [0.25, 0.3) is 0 Å². The molecule has 1 heterocycles. The highest BCUT2D eigenvalue weighted by molar-refractivity contribution is 5.54. The first kappa shape index (κ1) is 15.9. The van der Waals surface area contributed by atoms with Crippen molar-refractivity contribution in [1.29, 1.82) is 0 Å². The maximum absolute atomic E-state index is 5.86. The molecule has 0 spiro atoms. The fourth-order valence-corrected chi connectivity index (χ4v) is 2.09. The van der Waals surface area contributed by atoms with Crippen molar-refractivity contribution >= 4 is 5.69 Å². The summed E-state index contributed by atoms with van der Waals surface area (Å²) in [5.74, 6) is 1.55. The molecule has 0 aliphatic carbocycles. The third-order valence-corrected chi connectivity index (χ3v) is 3.28. The molecule has 1 aliphatic heterocycles. The summed E-state index contributed by atoms with van der Waals surface area (Å²) < 4.78 is 22.6. The van der Waals surface area contributed by atoms with Crippen LogP contribution >= 0.6 is 0 Å². The van der Waals surface area contributed by atoms with Gasteiger partial charge in [-0.2, -0.15) is 0 Å². The van der Waals surface area contributed by atoms with Crippen molar-refractivity contribution in [2.24, 2.45) is 0 Å². The van der Waals surface area contributed by atoms with Crippen LogP contribution in [0.1, 0.15) is 19.3 Å². The summed E-state index contributed by atoms with van der Waals surface area (Å²) in [5.41, 5.74) is 1.01. The van der Waals surface area contributed by atoms with E-state index < -0.39 is 0 Å². The molecule has 0 aromatic heterocycles. The predicted molar refractivity (Wildman–Crippen MR) is 82.5 cm³/mol. The molecule has 21 heavy (non-hydrogen) atoms. The van der Waals surface area contributed by atoms with Crippen molar-refractivity contribution in [3.63, 3.8) is 0 Å². The van der Waals surface area contributed by atoms with Crippen LogP contribution in [-0.2, 0) is 9.47 Å². The highest BCUT2D eigenvalue weighted by atomic mass is 16.6. The monoisotopic (exact) mass is 295 g/mol. The predicted octanol–water partition coefficient (Wildman–Crippen LogP) is 2.70. The van der Waals surface area contributed by atoms with E-state index in [4.69, 9.17) is 18.9 Å². The number of anilines is 1. The van der Waals surface area contributed by atoms with E-state index in [0.717, 1.165) is 43.1 Å². The zero-order chi connectivity index (χ0) is 14.8. The second-order valence-corrected chi connectivity index (χ2v) is 4.89. The van der Waals surface area contributed by atoms with E-state index in [0.29, 0.717) is 33.0 Å². The van der Waals surface area contributed by atoms with Gasteiger partial charge in [0.2, 0.25) is 0 Å². The molecule has 5 nitrogen and oxygen atoms in total. The first-order chi connectivity index (χ1) is 10.4. The summed E-state index contributed by atoms with van der Waals surface area (Å²) in [5, 5.41) is 3.11. The van der Waals surface area contributed by atoms with Crippen LogP contribution in [0, 0.1) is 0 Å². The van der Waals surface area contributed by atoms with Gasteiger partial charge in [-0.25, -0.2) is 0 Å². The van der Waals surface area contributed by atoms with Gasteiger partial charge in [-0.05, 0) is 31.4 Å². The molecular formula is C16H25NO4. The topological polar surface area (TPSA) is 49.0 Å². The molecule has 1 aromatic carbocycles. The Balaban J connectivity index is 1.96. The van der Waals surface area contributed by atoms with E-state index in [1.54, 1.807) is 0 Å². The van der Waals surface area contributed by atoms with E-state index in [1.807, 2.05) is 25.2 Å². The number of fused-ring (bicyclic) bond motifs is 1. The lowest BCUT2D eigenvalue weighted by Crippen LogP contribution is -2.11. The number of nitrogens with one attached hydrogen (secondary N) is 1. The first-order valence-electron chi connectivity index (χ1n) is 7.63. The van der Waals surface area contributed by atoms with Gasteiger partial charge in [0.1, 0.15) is 6.61 Å². The normalized spacial score (nSPS) is 18.3. The Morgan fingerprint density at radius 3 is 2.33 bits per heavy atom. The summed E-state index contributed by atoms with van der Waals surface area (Å²) in [6.07, 6.45) is 3.18. The van der Waals surface area contributed by atoms with Gasteiger partial charge in [-0.15, -0.1) is 0 Å². The lowest BCUT2D eigenvalue weighted by Gasteiger charge is -2.14. The molecule has 0 bridgehead atoms. The molecule has 2 rings (SSSR count). The van der Waals surface area contributed by atoms with Crippen molar-refractivity contribution in [2.75, 3.05) is 52.0 Å². The minimum Gasteiger partial charge on any atom is -0.490 e. The molecule has 1 aliphatic rings. The number of ether oxygens (including phenoxy) is 4. The highest BCUT2D eigenvalue weighted by Crippen LogP contribution is 2.30.